The highest BCUT2D eigenvalue weighted by atomic mass is 127. The molecule has 2 aromatic rings. The van der Waals surface area contributed by atoms with Crippen LogP contribution in [-0.2, 0) is 11.3 Å². The number of nitrogens with zero attached hydrogens (tertiary/aromatic N) is 2. The molecule has 1 aromatic carbocycles. The number of fused-ring (bicyclic) bond motifs is 1. The van der Waals surface area contributed by atoms with Crippen LogP contribution in [0.2, 0.25) is 0 Å². The van der Waals surface area contributed by atoms with Gasteiger partial charge in [-0.3, -0.25) is 9.36 Å². The van der Waals surface area contributed by atoms with Crippen molar-refractivity contribution in [1.82, 2.24) is 9.55 Å². The SMILES string of the molecule is CCCCOCCn1cnc2ccc(I)cc2c1=O. The molecule has 102 valence electrons. The summed E-state index contributed by atoms with van der Waals surface area (Å²) in [5.41, 5.74) is 0.746. The van der Waals surface area contributed by atoms with Crippen molar-refractivity contribution in [3.05, 3.63) is 38.5 Å². The minimum absolute atomic E-state index is 0.00241. The Kier molecular flexibility index (Phi) is 5.33. The van der Waals surface area contributed by atoms with Crippen LogP contribution < -0.4 is 5.56 Å². The second-order valence-electron chi connectivity index (χ2n) is 4.37. The van der Waals surface area contributed by atoms with Gasteiger partial charge in [0.2, 0.25) is 0 Å². The van der Waals surface area contributed by atoms with Crippen molar-refractivity contribution in [2.45, 2.75) is 26.3 Å². The monoisotopic (exact) mass is 372 g/mol. The van der Waals surface area contributed by atoms with Gasteiger partial charge < -0.3 is 4.74 Å². The Balaban J connectivity index is 2.11. The summed E-state index contributed by atoms with van der Waals surface area (Å²) in [7, 11) is 0. The average Bonchev–Trinajstić information content (AvgIpc) is 2.41. The number of hydrogen-bond donors (Lipinski definition) is 0. The number of benzene rings is 1. The summed E-state index contributed by atoms with van der Waals surface area (Å²) in [4.78, 5) is 16.6. The number of halogens is 1. The van der Waals surface area contributed by atoms with Crippen LogP contribution in [0.4, 0.5) is 0 Å². The molecule has 0 saturated heterocycles. The zero-order valence-corrected chi connectivity index (χ0v) is 13.1. The highest BCUT2D eigenvalue weighted by Gasteiger charge is 2.04. The molecule has 0 aliphatic rings. The normalized spacial score (nSPS) is 11.1. The molecule has 0 saturated carbocycles. The lowest BCUT2D eigenvalue weighted by Gasteiger charge is -2.07. The third-order valence-electron chi connectivity index (χ3n) is 2.90. The van der Waals surface area contributed by atoms with Gasteiger partial charge in [-0.05, 0) is 47.2 Å². The van der Waals surface area contributed by atoms with E-state index in [0.29, 0.717) is 18.5 Å². The van der Waals surface area contributed by atoms with Gasteiger partial charge >= 0.3 is 0 Å². The van der Waals surface area contributed by atoms with E-state index in [1.165, 1.54) is 0 Å². The highest BCUT2D eigenvalue weighted by Crippen LogP contribution is 2.11. The van der Waals surface area contributed by atoms with Gasteiger partial charge in [0.15, 0.2) is 0 Å². The summed E-state index contributed by atoms with van der Waals surface area (Å²) in [5.74, 6) is 0. The molecule has 2 rings (SSSR count). The van der Waals surface area contributed by atoms with Crippen LogP contribution in [0.5, 0.6) is 0 Å². The summed E-state index contributed by atoms with van der Waals surface area (Å²) < 4.78 is 8.14. The van der Waals surface area contributed by atoms with Gasteiger partial charge in [-0.15, -0.1) is 0 Å². The van der Waals surface area contributed by atoms with Gasteiger partial charge in [0, 0.05) is 10.2 Å². The molecule has 0 bridgehead atoms. The molecule has 19 heavy (non-hydrogen) atoms. The van der Waals surface area contributed by atoms with E-state index in [1.54, 1.807) is 10.9 Å². The molecule has 0 atom stereocenters. The van der Waals surface area contributed by atoms with Crippen molar-refractivity contribution >= 4 is 33.5 Å². The van der Waals surface area contributed by atoms with E-state index in [9.17, 15) is 4.79 Å². The molecule has 1 heterocycles. The number of rotatable bonds is 6. The average molecular weight is 372 g/mol. The number of aromatic nitrogens is 2. The molecule has 0 N–H and O–H groups in total. The minimum Gasteiger partial charge on any atom is -0.380 e. The van der Waals surface area contributed by atoms with Gasteiger partial charge in [0.05, 0.1) is 30.4 Å². The van der Waals surface area contributed by atoms with Crippen molar-refractivity contribution in [1.29, 1.82) is 0 Å². The molecule has 0 fully saturated rings. The fourth-order valence-electron chi connectivity index (χ4n) is 1.80. The smallest absolute Gasteiger partial charge is 0.261 e. The zero-order valence-electron chi connectivity index (χ0n) is 10.9. The van der Waals surface area contributed by atoms with Crippen LogP contribution in [0.15, 0.2) is 29.3 Å². The highest BCUT2D eigenvalue weighted by molar-refractivity contribution is 14.1. The van der Waals surface area contributed by atoms with Gasteiger partial charge in [-0.1, -0.05) is 13.3 Å². The summed E-state index contributed by atoms with van der Waals surface area (Å²) >= 11 is 2.20. The second kappa shape index (κ2) is 7.00. The first kappa shape index (κ1) is 14.5. The molecule has 0 aliphatic carbocycles. The maximum absolute atomic E-state index is 12.3. The molecule has 0 spiro atoms. The Bertz CT molecular complexity index is 610. The van der Waals surface area contributed by atoms with Gasteiger partial charge in [-0.2, -0.15) is 0 Å². The Labute approximate surface area is 125 Å². The molecular weight excluding hydrogens is 355 g/mol. The summed E-state index contributed by atoms with van der Waals surface area (Å²) in [6, 6.07) is 5.70. The number of ether oxygens (including phenoxy) is 1. The lowest BCUT2D eigenvalue weighted by atomic mass is 10.2. The van der Waals surface area contributed by atoms with Crippen LogP contribution in [0.1, 0.15) is 19.8 Å². The number of hydrogen-bond acceptors (Lipinski definition) is 3. The molecule has 0 aliphatic heterocycles. The summed E-state index contributed by atoms with van der Waals surface area (Å²) in [6.45, 7) is 3.99. The predicted molar refractivity (Wildman–Crippen MR) is 84.4 cm³/mol. The van der Waals surface area contributed by atoms with E-state index in [1.807, 2.05) is 18.2 Å². The fourth-order valence-corrected chi connectivity index (χ4v) is 2.29. The molecule has 0 radical (unpaired) electrons. The van der Waals surface area contributed by atoms with E-state index in [-0.39, 0.29) is 5.56 Å². The molecular formula is C14H17IN2O2. The van der Waals surface area contributed by atoms with Crippen molar-refractivity contribution in [3.63, 3.8) is 0 Å². The van der Waals surface area contributed by atoms with Crippen LogP contribution >= 0.6 is 22.6 Å². The third-order valence-corrected chi connectivity index (χ3v) is 3.58. The maximum atomic E-state index is 12.3. The Hall–Kier alpha value is -0.950. The predicted octanol–water partition coefficient (Wildman–Crippen LogP) is 2.82. The summed E-state index contributed by atoms with van der Waals surface area (Å²) in [5, 5.41) is 0.669. The largest absolute Gasteiger partial charge is 0.380 e. The van der Waals surface area contributed by atoms with Crippen molar-refractivity contribution in [2.24, 2.45) is 0 Å². The minimum atomic E-state index is 0.00241. The number of unbranched alkanes of at least 4 members (excludes halogenated alkanes) is 1. The molecule has 0 amide bonds. The van der Waals surface area contributed by atoms with E-state index in [0.717, 1.165) is 28.5 Å². The standard InChI is InChI=1S/C14H17IN2O2/c1-2-3-7-19-8-6-17-10-16-13-5-4-11(15)9-12(13)14(17)18/h4-5,9-10H,2-3,6-8H2,1H3. The van der Waals surface area contributed by atoms with Crippen LogP contribution in [0, 0.1) is 3.57 Å². The van der Waals surface area contributed by atoms with E-state index >= 15 is 0 Å². The van der Waals surface area contributed by atoms with E-state index < -0.39 is 0 Å². The quantitative estimate of drug-likeness (QED) is 0.579. The first-order valence-electron chi connectivity index (χ1n) is 6.45. The molecule has 5 heteroatoms. The lowest BCUT2D eigenvalue weighted by molar-refractivity contribution is 0.122. The van der Waals surface area contributed by atoms with Crippen molar-refractivity contribution in [2.75, 3.05) is 13.2 Å². The van der Waals surface area contributed by atoms with Crippen molar-refractivity contribution < 1.29 is 4.74 Å². The van der Waals surface area contributed by atoms with E-state index in [4.69, 9.17) is 4.74 Å². The second-order valence-corrected chi connectivity index (χ2v) is 5.62. The Morgan fingerprint density at radius 3 is 3.00 bits per heavy atom. The van der Waals surface area contributed by atoms with Crippen LogP contribution in [-0.4, -0.2) is 22.8 Å². The van der Waals surface area contributed by atoms with Crippen LogP contribution in [0.25, 0.3) is 10.9 Å². The van der Waals surface area contributed by atoms with Gasteiger partial charge in [-0.25, -0.2) is 4.98 Å². The molecule has 1 aromatic heterocycles. The van der Waals surface area contributed by atoms with E-state index in [2.05, 4.69) is 34.5 Å². The van der Waals surface area contributed by atoms with Gasteiger partial charge in [0.1, 0.15) is 0 Å². The third kappa shape index (κ3) is 3.76. The first-order valence-corrected chi connectivity index (χ1v) is 7.52. The topological polar surface area (TPSA) is 44.1 Å². The van der Waals surface area contributed by atoms with Crippen LogP contribution in [0.3, 0.4) is 0 Å². The molecule has 4 nitrogen and oxygen atoms in total. The fraction of sp³-hybridized carbons (Fsp3) is 0.429. The molecule has 0 unspecified atom stereocenters. The zero-order chi connectivity index (χ0) is 13.7. The Morgan fingerprint density at radius 2 is 2.21 bits per heavy atom. The Morgan fingerprint density at radius 1 is 1.37 bits per heavy atom. The summed E-state index contributed by atoms with van der Waals surface area (Å²) in [6.07, 6.45) is 3.78. The first-order chi connectivity index (χ1) is 9.22. The van der Waals surface area contributed by atoms with Crippen molar-refractivity contribution in [3.8, 4) is 0 Å². The van der Waals surface area contributed by atoms with Gasteiger partial charge in [0.25, 0.3) is 5.56 Å². The lowest BCUT2D eigenvalue weighted by Crippen LogP contribution is -2.23. The maximum Gasteiger partial charge on any atom is 0.261 e.